The maximum Gasteiger partial charge on any atom is 0.265 e. The summed E-state index contributed by atoms with van der Waals surface area (Å²) in [4.78, 5) is 17.1. The van der Waals surface area contributed by atoms with Crippen molar-refractivity contribution in [2.75, 3.05) is 43.4 Å². The van der Waals surface area contributed by atoms with Crippen LogP contribution in [0.15, 0.2) is 42.5 Å². The van der Waals surface area contributed by atoms with Crippen molar-refractivity contribution < 1.29 is 13.9 Å². The van der Waals surface area contributed by atoms with Crippen LogP contribution in [0, 0.1) is 5.82 Å². The maximum absolute atomic E-state index is 13.0. The van der Waals surface area contributed by atoms with Crippen LogP contribution in [-0.4, -0.2) is 50.1 Å². The minimum atomic E-state index is -0.741. The van der Waals surface area contributed by atoms with E-state index in [4.69, 9.17) is 16.3 Å². The van der Waals surface area contributed by atoms with Gasteiger partial charge in [0.05, 0.1) is 11.4 Å². The van der Waals surface area contributed by atoms with Crippen molar-refractivity contribution in [1.82, 2.24) is 4.90 Å². The lowest BCUT2D eigenvalue weighted by atomic mass is 10.2. The minimum Gasteiger partial charge on any atom is -0.481 e. The number of carbonyl (C=O) groups is 1. The van der Waals surface area contributed by atoms with Gasteiger partial charge in [-0.05, 0) is 56.4 Å². The summed E-state index contributed by atoms with van der Waals surface area (Å²) >= 11 is 6.14. The molecule has 2 aromatic carbocycles. The van der Waals surface area contributed by atoms with E-state index in [0.717, 1.165) is 31.9 Å². The van der Waals surface area contributed by atoms with Gasteiger partial charge in [-0.2, -0.15) is 0 Å². The molecule has 1 amide bonds. The molecule has 1 unspecified atom stereocenters. The Kier molecular flexibility index (Phi) is 6.19. The SMILES string of the molecule is CC(Oc1ccc(F)cc1)C(=O)Nc1cc(Cl)ccc1N1CCN(C)CC1. The number of rotatable bonds is 5. The molecule has 1 aliphatic heterocycles. The van der Waals surface area contributed by atoms with Crippen LogP contribution in [0.4, 0.5) is 15.8 Å². The number of anilines is 2. The number of nitrogens with one attached hydrogen (secondary N) is 1. The highest BCUT2D eigenvalue weighted by molar-refractivity contribution is 6.31. The molecule has 144 valence electrons. The maximum atomic E-state index is 13.0. The van der Waals surface area contributed by atoms with Gasteiger partial charge in [-0.25, -0.2) is 4.39 Å². The number of benzene rings is 2. The third kappa shape index (κ3) is 5.11. The number of hydrogen-bond donors (Lipinski definition) is 1. The number of likely N-dealkylation sites (N-methyl/N-ethyl adjacent to an activating group) is 1. The zero-order valence-electron chi connectivity index (χ0n) is 15.4. The highest BCUT2D eigenvalue weighted by Crippen LogP contribution is 2.30. The predicted octanol–water partition coefficient (Wildman–Crippen LogP) is 3.64. The van der Waals surface area contributed by atoms with Gasteiger partial charge in [-0.15, -0.1) is 0 Å². The second-order valence-electron chi connectivity index (χ2n) is 6.66. The molecule has 0 spiro atoms. The molecule has 27 heavy (non-hydrogen) atoms. The van der Waals surface area contributed by atoms with E-state index in [1.807, 2.05) is 12.1 Å². The van der Waals surface area contributed by atoms with Crippen LogP contribution in [0.1, 0.15) is 6.92 Å². The monoisotopic (exact) mass is 391 g/mol. The van der Waals surface area contributed by atoms with Gasteiger partial charge >= 0.3 is 0 Å². The molecule has 0 aromatic heterocycles. The van der Waals surface area contributed by atoms with Gasteiger partial charge in [-0.1, -0.05) is 11.6 Å². The van der Waals surface area contributed by atoms with Crippen LogP contribution < -0.4 is 15.0 Å². The lowest BCUT2D eigenvalue weighted by molar-refractivity contribution is -0.122. The number of amides is 1. The fraction of sp³-hybridized carbons (Fsp3) is 0.350. The molecule has 1 atom stereocenters. The lowest BCUT2D eigenvalue weighted by Crippen LogP contribution is -2.44. The van der Waals surface area contributed by atoms with Crippen LogP contribution in [0.2, 0.25) is 5.02 Å². The Bertz CT molecular complexity index is 792. The van der Waals surface area contributed by atoms with Crippen LogP contribution in [0.25, 0.3) is 0 Å². The van der Waals surface area contributed by atoms with Crippen LogP contribution in [0.5, 0.6) is 5.75 Å². The second kappa shape index (κ2) is 8.59. The van der Waals surface area contributed by atoms with Crippen molar-refractivity contribution in [2.45, 2.75) is 13.0 Å². The van der Waals surface area contributed by atoms with Gasteiger partial charge < -0.3 is 19.9 Å². The summed E-state index contributed by atoms with van der Waals surface area (Å²) < 4.78 is 18.6. The van der Waals surface area contributed by atoms with Crippen molar-refractivity contribution in [3.05, 3.63) is 53.3 Å². The number of halogens is 2. The van der Waals surface area contributed by atoms with E-state index >= 15 is 0 Å². The average molecular weight is 392 g/mol. The highest BCUT2D eigenvalue weighted by Gasteiger charge is 2.21. The van der Waals surface area contributed by atoms with E-state index in [9.17, 15) is 9.18 Å². The van der Waals surface area contributed by atoms with Crippen molar-refractivity contribution in [3.63, 3.8) is 0 Å². The zero-order chi connectivity index (χ0) is 19.4. The number of carbonyl (C=O) groups excluding carboxylic acids is 1. The number of piperazine rings is 1. The van der Waals surface area contributed by atoms with Crippen molar-refractivity contribution in [2.24, 2.45) is 0 Å². The summed E-state index contributed by atoms with van der Waals surface area (Å²) in [6.07, 6.45) is -0.741. The molecule has 0 bridgehead atoms. The largest absolute Gasteiger partial charge is 0.481 e. The third-order valence-corrected chi connectivity index (χ3v) is 4.79. The molecular formula is C20H23ClFN3O2. The van der Waals surface area contributed by atoms with E-state index in [2.05, 4.69) is 22.2 Å². The Labute approximate surface area is 163 Å². The average Bonchev–Trinajstić information content (AvgIpc) is 2.64. The Hall–Kier alpha value is -2.31. The van der Waals surface area contributed by atoms with Crippen molar-refractivity contribution in [3.8, 4) is 5.75 Å². The Morgan fingerprint density at radius 2 is 1.81 bits per heavy atom. The number of nitrogens with zero attached hydrogens (tertiary/aromatic N) is 2. The summed E-state index contributed by atoms with van der Waals surface area (Å²) in [6, 6.07) is 11.1. The molecule has 1 saturated heterocycles. The smallest absolute Gasteiger partial charge is 0.265 e. The standard InChI is InChI=1S/C20H23ClFN3O2/c1-14(27-17-6-4-16(22)5-7-17)20(26)23-18-13-15(21)3-8-19(18)25-11-9-24(2)10-12-25/h3-8,13-14H,9-12H2,1-2H3,(H,23,26). The van der Waals surface area contributed by atoms with Gasteiger partial charge in [0.1, 0.15) is 11.6 Å². The van der Waals surface area contributed by atoms with E-state index in [-0.39, 0.29) is 11.7 Å². The van der Waals surface area contributed by atoms with Crippen LogP contribution >= 0.6 is 11.6 Å². The summed E-state index contributed by atoms with van der Waals surface area (Å²) in [7, 11) is 2.09. The van der Waals surface area contributed by atoms with Gasteiger partial charge in [0.2, 0.25) is 0 Å². The fourth-order valence-electron chi connectivity index (χ4n) is 2.94. The van der Waals surface area contributed by atoms with E-state index in [0.29, 0.717) is 16.5 Å². The fourth-order valence-corrected chi connectivity index (χ4v) is 3.11. The quantitative estimate of drug-likeness (QED) is 0.845. The van der Waals surface area contributed by atoms with E-state index < -0.39 is 6.10 Å². The minimum absolute atomic E-state index is 0.294. The molecule has 1 fully saturated rings. The van der Waals surface area contributed by atoms with Gasteiger partial charge in [-0.3, -0.25) is 4.79 Å². The van der Waals surface area contributed by atoms with E-state index in [1.165, 1.54) is 24.3 Å². The first kappa shape index (κ1) is 19.5. The normalized spacial score (nSPS) is 16.1. The van der Waals surface area contributed by atoms with Gasteiger partial charge in [0.25, 0.3) is 5.91 Å². The Morgan fingerprint density at radius 3 is 2.48 bits per heavy atom. The topological polar surface area (TPSA) is 44.8 Å². The number of hydrogen-bond acceptors (Lipinski definition) is 4. The second-order valence-corrected chi connectivity index (χ2v) is 7.09. The molecule has 0 aliphatic carbocycles. The first-order chi connectivity index (χ1) is 12.9. The Balaban J connectivity index is 1.71. The molecule has 2 aromatic rings. The van der Waals surface area contributed by atoms with Crippen LogP contribution in [0.3, 0.4) is 0 Å². The molecule has 1 heterocycles. The summed E-state index contributed by atoms with van der Waals surface area (Å²) in [5.41, 5.74) is 1.60. The third-order valence-electron chi connectivity index (χ3n) is 4.56. The van der Waals surface area contributed by atoms with Crippen molar-refractivity contribution >= 4 is 28.9 Å². The molecule has 7 heteroatoms. The molecular weight excluding hydrogens is 369 g/mol. The Morgan fingerprint density at radius 1 is 1.15 bits per heavy atom. The highest BCUT2D eigenvalue weighted by atomic mass is 35.5. The summed E-state index contributed by atoms with van der Waals surface area (Å²) in [5, 5.41) is 3.46. The molecule has 5 nitrogen and oxygen atoms in total. The van der Waals surface area contributed by atoms with E-state index in [1.54, 1.807) is 13.0 Å². The van der Waals surface area contributed by atoms with Crippen molar-refractivity contribution in [1.29, 1.82) is 0 Å². The molecule has 0 radical (unpaired) electrons. The molecule has 0 saturated carbocycles. The zero-order valence-corrected chi connectivity index (χ0v) is 16.2. The van der Waals surface area contributed by atoms with Gasteiger partial charge in [0, 0.05) is 31.2 Å². The summed E-state index contributed by atoms with van der Waals surface area (Å²) in [5.74, 6) is -0.211. The molecule has 1 aliphatic rings. The lowest BCUT2D eigenvalue weighted by Gasteiger charge is -2.35. The predicted molar refractivity (Wildman–Crippen MR) is 106 cm³/mol. The van der Waals surface area contributed by atoms with Gasteiger partial charge in [0.15, 0.2) is 6.10 Å². The number of ether oxygens (including phenoxy) is 1. The van der Waals surface area contributed by atoms with Crippen LogP contribution in [-0.2, 0) is 4.79 Å². The summed E-state index contributed by atoms with van der Waals surface area (Å²) in [6.45, 7) is 5.32. The molecule has 3 rings (SSSR count). The first-order valence-electron chi connectivity index (χ1n) is 8.88. The first-order valence-corrected chi connectivity index (χ1v) is 9.26. The molecule has 1 N–H and O–H groups in total.